The standard InChI is InChI=1S/C19H25F3O2/c1-2-3-4-5-6-13-7-9-14(10-8-13)19(23)24-15-11-16(20)18(22)17(21)12-15/h11-14H,2-10H2,1H3/t13-,14-. The second-order valence-corrected chi connectivity index (χ2v) is 6.69. The van der Waals surface area contributed by atoms with E-state index in [0.29, 0.717) is 18.1 Å². The molecule has 1 fully saturated rings. The van der Waals surface area contributed by atoms with E-state index in [1.807, 2.05) is 0 Å². The van der Waals surface area contributed by atoms with E-state index in [-0.39, 0.29) is 11.7 Å². The molecule has 0 aliphatic heterocycles. The van der Waals surface area contributed by atoms with Crippen LogP contribution >= 0.6 is 0 Å². The summed E-state index contributed by atoms with van der Waals surface area (Å²) in [6, 6.07) is 1.41. The van der Waals surface area contributed by atoms with Crippen molar-refractivity contribution in [2.24, 2.45) is 11.8 Å². The van der Waals surface area contributed by atoms with Crippen molar-refractivity contribution in [1.29, 1.82) is 0 Å². The average molecular weight is 342 g/mol. The lowest BCUT2D eigenvalue weighted by atomic mass is 9.80. The van der Waals surface area contributed by atoms with Crippen LogP contribution in [0.3, 0.4) is 0 Å². The highest BCUT2D eigenvalue weighted by molar-refractivity contribution is 5.75. The summed E-state index contributed by atoms with van der Waals surface area (Å²) >= 11 is 0. The molecule has 0 saturated heterocycles. The van der Waals surface area contributed by atoms with Gasteiger partial charge in [0.1, 0.15) is 5.75 Å². The Morgan fingerprint density at radius 2 is 1.67 bits per heavy atom. The Morgan fingerprint density at radius 3 is 2.25 bits per heavy atom. The van der Waals surface area contributed by atoms with Gasteiger partial charge in [0.2, 0.25) is 0 Å². The van der Waals surface area contributed by atoms with Crippen molar-refractivity contribution in [1.82, 2.24) is 0 Å². The summed E-state index contributed by atoms with van der Waals surface area (Å²) in [7, 11) is 0. The summed E-state index contributed by atoms with van der Waals surface area (Å²) in [5.74, 6) is -4.61. The number of unbranched alkanes of at least 4 members (excludes halogenated alkanes) is 3. The maximum Gasteiger partial charge on any atom is 0.314 e. The summed E-state index contributed by atoms with van der Waals surface area (Å²) in [5, 5.41) is 0. The number of benzene rings is 1. The van der Waals surface area contributed by atoms with Crippen LogP contribution in [0, 0.1) is 29.3 Å². The van der Waals surface area contributed by atoms with E-state index in [0.717, 1.165) is 25.7 Å². The minimum absolute atomic E-state index is 0.243. The van der Waals surface area contributed by atoms with Gasteiger partial charge >= 0.3 is 5.97 Å². The van der Waals surface area contributed by atoms with Gasteiger partial charge in [-0.1, -0.05) is 39.0 Å². The molecule has 5 heteroatoms. The van der Waals surface area contributed by atoms with E-state index < -0.39 is 23.4 Å². The van der Waals surface area contributed by atoms with Crippen LogP contribution in [-0.4, -0.2) is 5.97 Å². The molecule has 1 aromatic rings. The normalized spacial score (nSPS) is 20.8. The lowest BCUT2D eigenvalue weighted by Crippen LogP contribution is -2.25. The van der Waals surface area contributed by atoms with E-state index in [1.54, 1.807) is 0 Å². The number of hydrogen-bond acceptors (Lipinski definition) is 2. The smallest absolute Gasteiger partial charge is 0.314 e. The van der Waals surface area contributed by atoms with Gasteiger partial charge in [0, 0.05) is 12.1 Å². The van der Waals surface area contributed by atoms with E-state index >= 15 is 0 Å². The lowest BCUT2D eigenvalue weighted by molar-refractivity contribution is -0.140. The first-order chi connectivity index (χ1) is 11.5. The number of ether oxygens (including phenoxy) is 1. The number of carbonyl (C=O) groups excluding carboxylic acids is 1. The van der Waals surface area contributed by atoms with Gasteiger partial charge in [0.05, 0.1) is 5.92 Å². The first kappa shape index (κ1) is 18.8. The third kappa shape index (κ3) is 5.25. The van der Waals surface area contributed by atoms with E-state index in [9.17, 15) is 18.0 Å². The molecule has 0 bridgehead atoms. The summed E-state index contributed by atoms with van der Waals surface area (Å²) in [6.45, 7) is 2.19. The van der Waals surface area contributed by atoms with Crippen LogP contribution in [0.4, 0.5) is 13.2 Å². The van der Waals surface area contributed by atoms with Crippen LogP contribution in [-0.2, 0) is 4.79 Å². The average Bonchev–Trinajstić information content (AvgIpc) is 2.57. The fraction of sp³-hybridized carbons (Fsp3) is 0.632. The van der Waals surface area contributed by atoms with Crippen LogP contribution in [0.1, 0.15) is 64.7 Å². The van der Waals surface area contributed by atoms with Crippen molar-refractivity contribution in [3.8, 4) is 5.75 Å². The molecule has 0 atom stereocenters. The van der Waals surface area contributed by atoms with Crippen LogP contribution in [0.15, 0.2) is 12.1 Å². The summed E-state index contributed by atoms with van der Waals surface area (Å²) in [4.78, 5) is 12.1. The van der Waals surface area contributed by atoms with Gasteiger partial charge in [0.25, 0.3) is 0 Å². The summed E-state index contributed by atoms with van der Waals surface area (Å²) < 4.78 is 44.2. The van der Waals surface area contributed by atoms with Crippen molar-refractivity contribution in [2.75, 3.05) is 0 Å². The Hall–Kier alpha value is -1.52. The zero-order valence-electron chi connectivity index (χ0n) is 14.1. The first-order valence-electron chi connectivity index (χ1n) is 8.87. The molecule has 2 nitrogen and oxygen atoms in total. The number of halogens is 3. The molecule has 1 aliphatic carbocycles. The predicted octanol–water partition coefficient (Wildman–Crippen LogP) is 5.79. The highest BCUT2D eigenvalue weighted by Gasteiger charge is 2.28. The summed E-state index contributed by atoms with van der Waals surface area (Å²) in [5.41, 5.74) is 0. The Kier molecular flexibility index (Phi) is 7.13. The number of rotatable bonds is 7. The molecule has 2 rings (SSSR count). The molecule has 1 saturated carbocycles. The van der Waals surface area contributed by atoms with Crippen molar-refractivity contribution in [3.05, 3.63) is 29.6 Å². The molecular weight excluding hydrogens is 317 g/mol. The molecule has 1 aromatic carbocycles. The van der Waals surface area contributed by atoms with Crippen LogP contribution in [0.2, 0.25) is 0 Å². The molecule has 0 unspecified atom stereocenters. The van der Waals surface area contributed by atoms with E-state index in [1.165, 1.54) is 32.1 Å². The maximum absolute atomic E-state index is 13.2. The van der Waals surface area contributed by atoms with E-state index in [4.69, 9.17) is 4.74 Å². The highest BCUT2D eigenvalue weighted by atomic mass is 19.2. The Bertz CT molecular complexity index is 529. The van der Waals surface area contributed by atoms with Gasteiger partial charge in [-0.2, -0.15) is 0 Å². The molecule has 0 amide bonds. The van der Waals surface area contributed by atoms with Gasteiger partial charge in [0.15, 0.2) is 17.5 Å². The number of carbonyl (C=O) groups is 1. The molecule has 24 heavy (non-hydrogen) atoms. The highest BCUT2D eigenvalue weighted by Crippen LogP contribution is 2.33. The third-order valence-electron chi connectivity index (χ3n) is 4.82. The van der Waals surface area contributed by atoms with Crippen molar-refractivity contribution in [3.63, 3.8) is 0 Å². The van der Waals surface area contributed by atoms with Crippen molar-refractivity contribution < 1.29 is 22.7 Å². The maximum atomic E-state index is 13.2. The zero-order valence-corrected chi connectivity index (χ0v) is 14.1. The molecule has 0 N–H and O–H groups in total. The molecule has 0 radical (unpaired) electrons. The minimum atomic E-state index is -1.56. The second kappa shape index (κ2) is 9.09. The Labute approximate surface area is 141 Å². The van der Waals surface area contributed by atoms with Crippen LogP contribution in [0.5, 0.6) is 5.75 Å². The predicted molar refractivity (Wildman–Crippen MR) is 86.2 cm³/mol. The zero-order chi connectivity index (χ0) is 17.5. The second-order valence-electron chi connectivity index (χ2n) is 6.69. The molecule has 0 heterocycles. The molecule has 0 aromatic heterocycles. The molecule has 1 aliphatic rings. The molecule has 0 spiro atoms. The fourth-order valence-electron chi connectivity index (χ4n) is 3.34. The number of hydrogen-bond donors (Lipinski definition) is 0. The van der Waals surface area contributed by atoms with Gasteiger partial charge in [-0.15, -0.1) is 0 Å². The van der Waals surface area contributed by atoms with Crippen LogP contribution in [0.25, 0.3) is 0 Å². The monoisotopic (exact) mass is 342 g/mol. The lowest BCUT2D eigenvalue weighted by Gasteiger charge is -2.27. The van der Waals surface area contributed by atoms with Gasteiger partial charge < -0.3 is 4.74 Å². The van der Waals surface area contributed by atoms with Crippen molar-refractivity contribution in [2.45, 2.75) is 64.7 Å². The topological polar surface area (TPSA) is 26.3 Å². The quantitative estimate of drug-likeness (QED) is 0.271. The summed E-state index contributed by atoms with van der Waals surface area (Å²) in [6.07, 6.45) is 9.65. The fourth-order valence-corrected chi connectivity index (χ4v) is 3.34. The Balaban J connectivity index is 1.78. The Morgan fingerprint density at radius 1 is 1.04 bits per heavy atom. The van der Waals surface area contributed by atoms with E-state index in [2.05, 4.69) is 6.92 Å². The van der Waals surface area contributed by atoms with Gasteiger partial charge in [-0.05, 0) is 31.6 Å². The third-order valence-corrected chi connectivity index (χ3v) is 4.82. The SMILES string of the molecule is CCCCCC[C@H]1CC[C@H](C(=O)Oc2cc(F)c(F)c(F)c2)CC1. The first-order valence-corrected chi connectivity index (χ1v) is 8.87. The largest absolute Gasteiger partial charge is 0.426 e. The van der Waals surface area contributed by atoms with Gasteiger partial charge in [-0.3, -0.25) is 4.79 Å². The van der Waals surface area contributed by atoms with Crippen LogP contribution < -0.4 is 4.74 Å². The molecular formula is C19H25F3O2. The number of esters is 1. The molecule has 134 valence electrons. The van der Waals surface area contributed by atoms with Crippen molar-refractivity contribution >= 4 is 5.97 Å². The minimum Gasteiger partial charge on any atom is -0.426 e. The van der Waals surface area contributed by atoms with Gasteiger partial charge in [-0.25, -0.2) is 13.2 Å².